The minimum Gasteiger partial charge on any atom is -0.497 e. The van der Waals surface area contributed by atoms with Crippen molar-refractivity contribution in [2.24, 2.45) is 0 Å². The average molecular weight is 339 g/mol. The van der Waals surface area contributed by atoms with Gasteiger partial charge in [-0.05, 0) is 66.6 Å². The second-order valence-corrected chi connectivity index (χ2v) is 6.57. The van der Waals surface area contributed by atoms with Gasteiger partial charge in [0.2, 0.25) is 0 Å². The van der Waals surface area contributed by atoms with Crippen LogP contribution in [0.25, 0.3) is 6.08 Å². The summed E-state index contributed by atoms with van der Waals surface area (Å²) in [4.78, 5) is 26.7. The topological polar surface area (TPSA) is 46.6 Å². The van der Waals surface area contributed by atoms with Gasteiger partial charge in [-0.25, -0.2) is 4.90 Å². The summed E-state index contributed by atoms with van der Waals surface area (Å²) in [6, 6.07) is 13.1. The number of rotatable bonds is 3. The van der Waals surface area contributed by atoms with Crippen molar-refractivity contribution in [3.63, 3.8) is 0 Å². The molecule has 1 heterocycles. The summed E-state index contributed by atoms with van der Waals surface area (Å²) >= 11 is 0.963. The number of ether oxygens (including phenoxy) is 1. The number of imide groups is 1. The predicted molar refractivity (Wildman–Crippen MR) is 97.4 cm³/mol. The summed E-state index contributed by atoms with van der Waals surface area (Å²) in [5.74, 6) is 0.463. The molecule has 2 amide bonds. The zero-order valence-corrected chi connectivity index (χ0v) is 14.5. The lowest BCUT2D eigenvalue weighted by Crippen LogP contribution is -2.28. The number of anilines is 1. The minimum atomic E-state index is -0.283. The summed E-state index contributed by atoms with van der Waals surface area (Å²) in [6.07, 6.45) is 1.73. The first-order valence-electron chi connectivity index (χ1n) is 7.49. The Bertz CT molecular complexity index is 840. The number of hydrogen-bond donors (Lipinski definition) is 0. The van der Waals surface area contributed by atoms with Crippen LogP contribution in [0, 0.1) is 13.8 Å². The molecule has 1 aliphatic heterocycles. The van der Waals surface area contributed by atoms with Crippen LogP contribution in [0.5, 0.6) is 5.75 Å². The molecule has 2 aromatic rings. The van der Waals surface area contributed by atoms with Crippen molar-refractivity contribution in [1.29, 1.82) is 0 Å². The fourth-order valence-corrected chi connectivity index (χ4v) is 3.32. The van der Waals surface area contributed by atoms with Crippen molar-refractivity contribution in [3.05, 3.63) is 64.1 Å². The Labute approximate surface area is 145 Å². The van der Waals surface area contributed by atoms with E-state index in [2.05, 4.69) is 0 Å². The summed E-state index contributed by atoms with van der Waals surface area (Å²) in [7, 11) is 1.60. The van der Waals surface area contributed by atoms with Crippen LogP contribution < -0.4 is 9.64 Å². The number of methoxy groups -OCH3 is 1. The Morgan fingerprint density at radius 1 is 1.04 bits per heavy atom. The molecule has 1 fully saturated rings. The third-order valence-corrected chi connectivity index (χ3v) is 4.68. The first kappa shape index (κ1) is 16.3. The SMILES string of the molecule is COc1ccc(/C=C2\SC(=O)N(c3cc(C)ccc3C)C2=O)cc1. The first-order chi connectivity index (χ1) is 11.5. The molecule has 24 heavy (non-hydrogen) atoms. The molecule has 0 aromatic heterocycles. The highest BCUT2D eigenvalue weighted by molar-refractivity contribution is 8.19. The molecule has 5 heteroatoms. The molecule has 1 saturated heterocycles. The minimum absolute atomic E-state index is 0.270. The van der Waals surface area contributed by atoms with Crippen molar-refractivity contribution < 1.29 is 14.3 Å². The van der Waals surface area contributed by atoms with Gasteiger partial charge in [-0.3, -0.25) is 9.59 Å². The Balaban J connectivity index is 1.93. The number of carbonyl (C=O) groups excluding carboxylic acids is 2. The summed E-state index contributed by atoms with van der Waals surface area (Å²) in [6.45, 7) is 3.83. The van der Waals surface area contributed by atoms with E-state index in [-0.39, 0.29) is 11.1 Å². The fraction of sp³-hybridized carbons (Fsp3) is 0.158. The number of benzene rings is 2. The maximum absolute atomic E-state index is 12.7. The van der Waals surface area contributed by atoms with Crippen LogP contribution in [0.3, 0.4) is 0 Å². The number of nitrogens with zero attached hydrogens (tertiary/aromatic N) is 1. The molecule has 1 aliphatic rings. The second kappa shape index (κ2) is 6.53. The van der Waals surface area contributed by atoms with Crippen molar-refractivity contribution in [2.45, 2.75) is 13.8 Å². The Morgan fingerprint density at radius 2 is 1.75 bits per heavy atom. The second-order valence-electron chi connectivity index (χ2n) is 5.58. The van der Waals surface area contributed by atoms with Gasteiger partial charge < -0.3 is 4.74 Å². The smallest absolute Gasteiger partial charge is 0.298 e. The van der Waals surface area contributed by atoms with Crippen molar-refractivity contribution in [3.8, 4) is 5.75 Å². The zero-order chi connectivity index (χ0) is 17.3. The number of aryl methyl sites for hydroxylation is 2. The van der Waals surface area contributed by atoms with Crippen LogP contribution in [0.1, 0.15) is 16.7 Å². The fourth-order valence-electron chi connectivity index (χ4n) is 2.49. The van der Waals surface area contributed by atoms with Crippen molar-refractivity contribution in [2.75, 3.05) is 12.0 Å². The van der Waals surface area contributed by atoms with Crippen LogP contribution in [0.2, 0.25) is 0 Å². The van der Waals surface area contributed by atoms with E-state index >= 15 is 0 Å². The highest BCUT2D eigenvalue weighted by atomic mass is 32.2. The molecule has 0 saturated carbocycles. The van der Waals surface area contributed by atoms with E-state index in [0.29, 0.717) is 10.6 Å². The van der Waals surface area contributed by atoms with Gasteiger partial charge in [0.15, 0.2) is 0 Å². The van der Waals surface area contributed by atoms with Crippen LogP contribution in [0.15, 0.2) is 47.4 Å². The van der Waals surface area contributed by atoms with E-state index in [1.807, 2.05) is 56.3 Å². The van der Waals surface area contributed by atoms with E-state index in [4.69, 9.17) is 4.74 Å². The van der Waals surface area contributed by atoms with Crippen LogP contribution in [-0.2, 0) is 4.79 Å². The lowest BCUT2D eigenvalue weighted by molar-refractivity contribution is -0.113. The molecule has 3 rings (SSSR count). The molecule has 0 atom stereocenters. The van der Waals surface area contributed by atoms with Gasteiger partial charge in [0, 0.05) is 0 Å². The molecule has 4 nitrogen and oxygen atoms in total. The van der Waals surface area contributed by atoms with Crippen LogP contribution in [0.4, 0.5) is 10.5 Å². The number of carbonyl (C=O) groups is 2. The number of thioether (sulfide) groups is 1. The third kappa shape index (κ3) is 3.08. The van der Waals surface area contributed by atoms with Crippen molar-refractivity contribution >= 4 is 34.7 Å². The largest absolute Gasteiger partial charge is 0.497 e. The lowest BCUT2D eigenvalue weighted by Gasteiger charge is -2.16. The zero-order valence-electron chi connectivity index (χ0n) is 13.7. The molecular weight excluding hydrogens is 322 g/mol. The Morgan fingerprint density at radius 3 is 2.42 bits per heavy atom. The molecule has 0 radical (unpaired) electrons. The predicted octanol–water partition coefficient (Wildman–Crippen LogP) is 4.55. The summed E-state index contributed by atoms with van der Waals surface area (Å²) < 4.78 is 5.12. The van der Waals surface area contributed by atoms with Crippen LogP contribution >= 0.6 is 11.8 Å². The summed E-state index contributed by atoms with van der Waals surface area (Å²) in [5, 5.41) is -0.270. The van der Waals surface area contributed by atoms with Gasteiger partial charge in [0.1, 0.15) is 5.75 Å². The molecule has 0 bridgehead atoms. The van der Waals surface area contributed by atoms with Crippen LogP contribution in [-0.4, -0.2) is 18.3 Å². The van der Waals surface area contributed by atoms with E-state index in [9.17, 15) is 9.59 Å². The van der Waals surface area contributed by atoms with E-state index in [1.165, 1.54) is 4.90 Å². The molecule has 0 spiro atoms. The molecule has 0 aliphatic carbocycles. The quantitative estimate of drug-likeness (QED) is 0.770. The highest BCUT2D eigenvalue weighted by Gasteiger charge is 2.36. The highest BCUT2D eigenvalue weighted by Crippen LogP contribution is 2.37. The Kier molecular flexibility index (Phi) is 4.44. The molecule has 122 valence electrons. The number of amides is 2. The van der Waals surface area contributed by atoms with E-state index in [1.54, 1.807) is 13.2 Å². The first-order valence-corrected chi connectivity index (χ1v) is 8.30. The average Bonchev–Trinajstić information content (AvgIpc) is 2.84. The third-order valence-electron chi connectivity index (χ3n) is 3.81. The monoisotopic (exact) mass is 339 g/mol. The summed E-state index contributed by atoms with van der Waals surface area (Å²) in [5.41, 5.74) is 3.40. The van der Waals surface area contributed by atoms with Gasteiger partial charge >= 0.3 is 0 Å². The molecule has 0 unspecified atom stereocenters. The maximum atomic E-state index is 12.7. The van der Waals surface area contributed by atoms with Gasteiger partial charge in [-0.1, -0.05) is 24.3 Å². The van der Waals surface area contributed by atoms with Gasteiger partial charge in [0.05, 0.1) is 17.7 Å². The lowest BCUT2D eigenvalue weighted by atomic mass is 10.1. The molecule has 0 N–H and O–H groups in total. The van der Waals surface area contributed by atoms with E-state index < -0.39 is 0 Å². The maximum Gasteiger partial charge on any atom is 0.298 e. The molecular formula is C19H17NO3S. The van der Waals surface area contributed by atoms with Gasteiger partial charge in [-0.15, -0.1) is 0 Å². The number of hydrogen-bond acceptors (Lipinski definition) is 4. The van der Waals surface area contributed by atoms with Gasteiger partial charge in [-0.2, -0.15) is 0 Å². The standard InChI is InChI=1S/C19H17NO3S/c1-12-4-5-13(2)16(10-12)20-18(21)17(24-19(20)22)11-14-6-8-15(23-3)9-7-14/h4-11H,1-3H3/b17-11-. The van der Waals surface area contributed by atoms with Crippen molar-refractivity contribution in [1.82, 2.24) is 0 Å². The normalized spacial score (nSPS) is 16.1. The Hall–Kier alpha value is -2.53. The van der Waals surface area contributed by atoms with E-state index in [0.717, 1.165) is 34.2 Å². The molecule has 2 aromatic carbocycles. The van der Waals surface area contributed by atoms with Gasteiger partial charge in [0.25, 0.3) is 11.1 Å².